The van der Waals surface area contributed by atoms with Gasteiger partial charge >= 0.3 is 0 Å². The number of rotatable bonds is 7. The Bertz CT molecular complexity index is 977. The second-order valence-corrected chi connectivity index (χ2v) is 9.57. The Morgan fingerprint density at radius 3 is 2.40 bits per heavy atom. The minimum Gasteiger partial charge on any atom is -0.495 e. The number of amides is 1. The van der Waals surface area contributed by atoms with Gasteiger partial charge in [0.25, 0.3) is 0 Å². The van der Waals surface area contributed by atoms with Crippen LogP contribution in [0.4, 0.5) is 5.69 Å². The molecule has 0 saturated carbocycles. The van der Waals surface area contributed by atoms with Crippen LogP contribution in [-0.2, 0) is 20.6 Å². The smallest absolute Gasteiger partial charge is 0.241 e. The molecule has 1 amide bonds. The molecule has 2 aromatic rings. The van der Waals surface area contributed by atoms with Crippen LogP contribution in [0.1, 0.15) is 12.5 Å². The van der Waals surface area contributed by atoms with Gasteiger partial charge in [-0.1, -0.05) is 41.9 Å². The van der Waals surface area contributed by atoms with Gasteiger partial charge in [0.05, 0.1) is 23.9 Å². The molecule has 1 fully saturated rings. The Balaban J connectivity index is 1.55. The molecule has 162 valence electrons. The number of benzene rings is 2. The molecule has 0 spiro atoms. The quantitative estimate of drug-likeness (QED) is 0.700. The average Bonchev–Trinajstić information content (AvgIpc) is 2.74. The SMILES string of the molecule is COc1ccc(NC(=O)[C@@H](C)N2CCN(S(=O)(=O)Cc3ccccc3)CC2)cc1Cl. The molecule has 0 aliphatic carbocycles. The number of nitrogens with zero attached hydrogens (tertiary/aromatic N) is 2. The van der Waals surface area contributed by atoms with Gasteiger partial charge in [-0.15, -0.1) is 0 Å². The molecule has 1 atom stereocenters. The van der Waals surface area contributed by atoms with Crippen molar-refractivity contribution in [3.8, 4) is 5.75 Å². The zero-order chi connectivity index (χ0) is 21.7. The number of hydrogen-bond donors (Lipinski definition) is 1. The minimum absolute atomic E-state index is 0.0118. The predicted molar refractivity (Wildman–Crippen MR) is 118 cm³/mol. The molecule has 0 unspecified atom stereocenters. The van der Waals surface area contributed by atoms with E-state index in [9.17, 15) is 13.2 Å². The fourth-order valence-corrected chi connectivity index (χ4v) is 5.18. The van der Waals surface area contributed by atoms with Crippen molar-refractivity contribution >= 4 is 33.2 Å². The van der Waals surface area contributed by atoms with Gasteiger partial charge < -0.3 is 10.1 Å². The van der Waals surface area contributed by atoms with E-state index < -0.39 is 16.1 Å². The van der Waals surface area contributed by atoms with E-state index in [1.165, 1.54) is 11.4 Å². The number of ether oxygens (including phenoxy) is 1. The minimum atomic E-state index is -3.39. The Kier molecular flexibility index (Phi) is 7.36. The highest BCUT2D eigenvalue weighted by Gasteiger charge is 2.31. The molecule has 1 aliphatic heterocycles. The normalized spacial score (nSPS) is 16.8. The lowest BCUT2D eigenvalue weighted by atomic mass is 10.2. The molecule has 1 aliphatic rings. The lowest BCUT2D eigenvalue weighted by Gasteiger charge is -2.36. The van der Waals surface area contributed by atoms with Gasteiger partial charge in [0.1, 0.15) is 5.75 Å². The van der Waals surface area contributed by atoms with Crippen LogP contribution in [0.5, 0.6) is 5.75 Å². The van der Waals surface area contributed by atoms with Crippen LogP contribution < -0.4 is 10.1 Å². The molecule has 7 nitrogen and oxygen atoms in total. The van der Waals surface area contributed by atoms with Crippen LogP contribution in [0.25, 0.3) is 0 Å². The summed E-state index contributed by atoms with van der Waals surface area (Å²) in [7, 11) is -1.86. The Morgan fingerprint density at radius 1 is 1.13 bits per heavy atom. The Morgan fingerprint density at radius 2 is 1.80 bits per heavy atom. The summed E-state index contributed by atoms with van der Waals surface area (Å²) in [6.45, 7) is 3.52. The van der Waals surface area contributed by atoms with Crippen LogP contribution in [0.2, 0.25) is 5.02 Å². The summed E-state index contributed by atoms with van der Waals surface area (Å²) in [5, 5.41) is 3.27. The van der Waals surface area contributed by atoms with Gasteiger partial charge in [-0.25, -0.2) is 8.42 Å². The highest BCUT2D eigenvalue weighted by atomic mass is 35.5. The van der Waals surface area contributed by atoms with E-state index in [1.54, 1.807) is 18.2 Å². The summed E-state index contributed by atoms with van der Waals surface area (Å²) in [6, 6.07) is 13.8. The molecule has 1 heterocycles. The molecule has 1 N–H and O–H groups in total. The largest absolute Gasteiger partial charge is 0.495 e. The zero-order valence-electron chi connectivity index (χ0n) is 17.0. The van der Waals surface area contributed by atoms with Crippen molar-refractivity contribution in [3.05, 3.63) is 59.1 Å². The highest BCUT2D eigenvalue weighted by Crippen LogP contribution is 2.27. The maximum absolute atomic E-state index is 12.7. The summed E-state index contributed by atoms with van der Waals surface area (Å²) < 4.78 is 32.0. The molecule has 1 saturated heterocycles. The first kappa shape index (κ1) is 22.6. The third-order valence-electron chi connectivity index (χ3n) is 5.21. The second-order valence-electron chi connectivity index (χ2n) is 7.19. The Hall–Kier alpha value is -2.13. The molecule has 3 rings (SSSR count). The maximum Gasteiger partial charge on any atom is 0.241 e. The van der Waals surface area contributed by atoms with Gasteiger partial charge in [-0.3, -0.25) is 9.69 Å². The average molecular weight is 452 g/mol. The number of anilines is 1. The summed E-state index contributed by atoms with van der Waals surface area (Å²) in [4.78, 5) is 14.6. The number of methoxy groups -OCH3 is 1. The van der Waals surface area contributed by atoms with Gasteiger partial charge in [0, 0.05) is 31.9 Å². The van der Waals surface area contributed by atoms with E-state index in [-0.39, 0.29) is 11.7 Å². The van der Waals surface area contributed by atoms with Gasteiger partial charge in [-0.05, 0) is 30.7 Å². The topological polar surface area (TPSA) is 79.0 Å². The summed E-state index contributed by atoms with van der Waals surface area (Å²) in [5.41, 5.74) is 1.35. The van der Waals surface area contributed by atoms with Gasteiger partial charge in [0.2, 0.25) is 15.9 Å². The van der Waals surface area contributed by atoms with Gasteiger partial charge in [-0.2, -0.15) is 4.31 Å². The van der Waals surface area contributed by atoms with Crippen molar-refractivity contribution in [1.29, 1.82) is 0 Å². The van der Waals surface area contributed by atoms with Gasteiger partial charge in [0.15, 0.2) is 0 Å². The fourth-order valence-electron chi connectivity index (χ4n) is 3.40. The predicted octanol–water partition coefficient (Wildman–Crippen LogP) is 2.82. The molecule has 0 radical (unpaired) electrons. The molecule has 0 bridgehead atoms. The van der Waals surface area contributed by atoms with E-state index in [0.29, 0.717) is 42.6 Å². The maximum atomic E-state index is 12.7. The number of halogens is 1. The summed E-state index contributed by atoms with van der Waals surface area (Å²) >= 11 is 6.11. The van der Waals surface area contributed by atoms with Crippen LogP contribution in [-0.4, -0.2) is 62.9 Å². The first-order valence-electron chi connectivity index (χ1n) is 9.70. The van der Waals surface area contributed by atoms with Crippen molar-refractivity contribution in [2.24, 2.45) is 0 Å². The molecule has 0 aromatic heterocycles. The van der Waals surface area contributed by atoms with E-state index in [2.05, 4.69) is 5.32 Å². The molecular weight excluding hydrogens is 426 g/mol. The van der Waals surface area contributed by atoms with Crippen molar-refractivity contribution in [2.45, 2.75) is 18.7 Å². The molecule has 9 heteroatoms. The van der Waals surface area contributed by atoms with E-state index in [4.69, 9.17) is 16.3 Å². The number of nitrogens with one attached hydrogen (secondary N) is 1. The lowest BCUT2D eigenvalue weighted by molar-refractivity contribution is -0.121. The van der Waals surface area contributed by atoms with Crippen LogP contribution >= 0.6 is 11.6 Å². The number of carbonyl (C=O) groups excluding carboxylic acids is 1. The first-order chi connectivity index (χ1) is 14.3. The Labute approximate surface area is 182 Å². The number of hydrogen-bond acceptors (Lipinski definition) is 5. The second kappa shape index (κ2) is 9.78. The summed E-state index contributed by atoms with van der Waals surface area (Å²) in [5.74, 6) is 0.356. The molecule has 30 heavy (non-hydrogen) atoms. The van der Waals surface area contributed by atoms with Crippen molar-refractivity contribution in [2.75, 3.05) is 38.6 Å². The van der Waals surface area contributed by atoms with E-state index in [1.807, 2.05) is 42.2 Å². The van der Waals surface area contributed by atoms with E-state index in [0.717, 1.165) is 5.56 Å². The van der Waals surface area contributed by atoms with Crippen molar-refractivity contribution < 1.29 is 17.9 Å². The summed E-state index contributed by atoms with van der Waals surface area (Å²) in [6.07, 6.45) is 0. The molecule has 2 aromatic carbocycles. The number of piperazine rings is 1. The number of sulfonamides is 1. The monoisotopic (exact) mass is 451 g/mol. The third kappa shape index (κ3) is 5.51. The number of carbonyl (C=O) groups is 1. The zero-order valence-corrected chi connectivity index (χ0v) is 18.6. The standard InChI is InChI=1S/C21H26ClN3O4S/c1-16(21(26)23-18-8-9-20(29-2)19(22)14-18)24-10-12-25(13-11-24)30(27,28)15-17-6-4-3-5-7-17/h3-9,14,16H,10-13,15H2,1-2H3,(H,23,26)/t16-/m1/s1. The molecular formula is C21H26ClN3O4S. The lowest BCUT2D eigenvalue weighted by Crippen LogP contribution is -2.54. The van der Waals surface area contributed by atoms with Crippen LogP contribution in [0, 0.1) is 0 Å². The van der Waals surface area contributed by atoms with Crippen LogP contribution in [0.15, 0.2) is 48.5 Å². The first-order valence-corrected chi connectivity index (χ1v) is 11.7. The third-order valence-corrected chi connectivity index (χ3v) is 7.35. The van der Waals surface area contributed by atoms with Crippen molar-refractivity contribution in [3.63, 3.8) is 0 Å². The fraction of sp³-hybridized carbons (Fsp3) is 0.381. The highest BCUT2D eigenvalue weighted by molar-refractivity contribution is 7.88. The van der Waals surface area contributed by atoms with Crippen LogP contribution in [0.3, 0.4) is 0 Å². The van der Waals surface area contributed by atoms with E-state index >= 15 is 0 Å². The van der Waals surface area contributed by atoms with Crippen molar-refractivity contribution in [1.82, 2.24) is 9.21 Å².